The second-order valence-corrected chi connectivity index (χ2v) is 5.64. The maximum absolute atomic E-state index is 5.52. The third-order valence-corrected chi connectivity index (χ3v) is 4.20. The van der Waals surface area contributed by atoms with E-state index in [4.69, 9.17) is 10.2 Å². The van der Waals surface area contributed by atoms with Crippen LogP contribution in [0.2, 0.25) is 0 Å². The fraction of sp³-hybridized carbons (Fsp3) is 0.500. The lowest BCUT2D eigenvalue weighted by Gasteiger charge is -2.30. The third-order valence-electron chi connectivity index (χ3n) is 4.20. The summed E-state index contributed by atoms with van der Waals surface area (Å²) in [5, 5.41) is 7.98. The van der Waals surface area contributed by atoms with E-state index < -0.39 is 0 Å². The summed E-state index contributed by atoms with van der Waals surface area (Å²) in [6, 6.07) is 11.3. The van der Waals surface area contributed by atoms with Crippen LogP contribution in [-0.4, -0.2) is 23.3 Å². The van der Waals surface area contributed by atoms with Crippen LogP contribution in [0.25, 0.3) is 0 Å². The molecule has 0 radical (unpaired) electrons. The lowest BCUT2D eigenvalue weighted by atomic mass is 9.91. The van der Waals surface area contributed by atoms with Gasteiger partial charge in [0.05, 0.1) is 6.54 Å². The summed E-state index contributed by atoms with van der Waals surface area (Å²) in [6.07, 6.45) is 4.81. The minimum Gasteiger partial charge on any atom is -0.407 e. The maximum Gasteiger partial charge on any atom is 0.318 e. The summed E-state index contributed by atoms with van der Waals surface area (Å²) in [5.41, 5.74) is 6.93. The molecule has 1 aliphatic heterocycles. The molecular weight excluding hydrogens is 300 g/mol. The fourth-order valence-electron chi connectivity index (χ4n) is 2.88. The zero-order valence-electron chi connectivity index (χ0n) is 12.6. The van der Waals surface area contributed by atoms with Crippen molar-refractivity contribution in [3.05, 3.63) is 41.8 Å². The average Bonchev–Trinajstić information content (AvgIpc) is 3.03. The van der Waals surface area contributed by atoms with E-state index in [9.17, 15) is 0 Å². The van der Waals surface area contributed by atoms with Crippen LogP contribution in [0.1, 0.15) is 30.7 Å². The lowest BCUT2D eigenvalue weighted by molar-refractivity contribution is 0.365. The first kappa shape index (κ1) is 16.8. The highest BCUT2D eigenvalue weighted by Gasteiger charge is 2.22. The van der Waals surface area contributed by atoms with E-state index in [1.807, 2.05) is 0 Å². The van der Waals surface area contributed by atoms with Gasteiger partial charge in [-0.2, -0.15) is 0 Å². The first-order chi connectivity index (χ1) is 10.3. The Morgan fingerprint density at radius 1 is 1.14 bits per heavy atom. The summed E-state index contributed by atoms with van der Waals surface area (Å²) < 4.78 is 5.52. The fourth-order valence-corrected chi connectivity index (χ4v) is 2.88. The van der Waals surface area contributed by atoms with Crippen LogP contribution in [0.3, 0.4) is 0 Å². The summed E-state index contributed by atoms with van der Waals surface area (Å²) in [5.74, 6) is 1.30. The van der Waals surface area contributed by atoms with Gasteiger partial charge in [-0.05, 0) is 37.2 Å². The number of piperidine rings is 1. The number of aromatic nitrogens is 2. The Morgan fingerprint density at radius 3 is 2.50 bits per heavy atom. The average molecular weight is 323 g/mol. The van der Waals surface area contributed by atoms with Gasteiger partial charge in [0, 0.05) is 13.1 Å². The van der Waals surface area contributed by atoms with Crippen LogP contribution in [0.4, 0.5) is 6.01 Å². The number of hydrogen-bond donors (Lipinski definition) is 1. The van der Waals surface area contributed by atoms with Crippen molar-refractivity contribution in [2.24, 2.45) is 11.7 Å². The second kappa shape index (κ2) is 8.15. The van der Waals surface area contributed by atoms with Crippen molar-refractivity contribution in [1.82, 2.24) is 10.2 Å². The zero-order chi connectivity index (χ0) is 14.5. The van der Waals surface area contributed by atoms with Gasteiger partial charge in [-0.15, -0.1) is 17.5 Å². The van der Waals surface area contributed by atoms with Gasteiger partial charge in [0.25, 0.3) is 0 Å². The first-order valence-electron chi connectivity index (χ1n) is 7.66. The number of benzene rings is 1. The van der Waals surface area contributed by atoms with Crippen LogP contribution in [0.15, 0.2) is 34.7 Å². The molecule has 3 rings (SSSR count). The van der Waals surface area contributed by atoms with Gasteiger partial charge in [-0.3, -0.25) is 0 Å². The Kier molecular flexibility index (Phi) is 6.21. The van der Waals surface area contributed by atoms with Crippen LogP contribution in [0.5, 0.6) is 0 Å². The number of anilines is 1. The van der Waals surface area contributed by atoms with Crippen molar-refractivity contribution in [3.63, 3.8) is 0 Å². The molecule has 2 aromatic rings. The molecular formula is C16H23ClN4O. The van der Waals surface area contributed by atoms with Crippen LogP contribution >= 0.6 is 12.4 Å². The SMILES string of the molecule is Cl.NCc1nnc(N2CCC(CCc3ccccc3)CC2)o1. The Bertz CT molecular complexity index is 552. The highest BCUT2D eigenvalue weighted by molar-refractivity contribution is 5.85. The molecule has 1 saturated heterocycles. The lowest BCUT2D eigenvalue weighted by Crippen LogP contribution is -2.34. The standard InChI is InChI=1S/C16H22N4O.ClH/c17-12-15-18-19-16(21-15)20-10-8-14(9-11-20)7-6-13-4-2-1-3-5-13;/h1-5,14H,6-12,17H2;1H. The summed E-state index contributed by atoms with van der Waals surface area (Å²) in [4.78, 5) is 2.17. The summed E-state index contributed by atoms with van der Waals surface area (Å²) >= 11 is 0. The second-order valence-electron chi connectivity index (χ2n) is 5.64. The predicted molar refractivity (Wildman–Crippen MR) is 89.1 cm³/mol. The maximum atomic E-state index is 5.52. The number of aryl methyl sites for hydroxylation is 1. The summed E-state index contributed by atoms with van der Waals surface area (Å²) in [7, 11) is 0. The number of rotatable bonds is 5. The predicted octanol–water partition coefficient (Wildman–Crippen LogP) is 2.80. The quantitative estimate of drug-likeness (QED) is 0.916. The highest BCUT2D eigenvalue weighted by Crippen LogP contribution is 2.25. The molecule has 5 nitrogen and oxygen atoms in total. The number of nitrogens with zero attached hydrogens (tertiary/aromatic N) is 3. The molecule has 0 aliphatic carbocycles. The molecule has 0 amide bonds. The van der Waals surface area contributed by atoms with Gasteiger partial charge in [0.2, 0.25) is 5.89 Å². The molecule has 0 saturated carbocycles. The summed E-state index contributed by atoms with van der Waals surface area (Å²) in [6.45, 7) is 2.29. The van der Waals surface area contributed by atoms with Gasteiger partial charge < -0.3 is 15.1 Å². The third kappa shape index (κ3) is 4.21. The van der Waals surface area contributed by atoms with Crippen molar-refractivity contribution in [3.8, 4) is 0 Å². The normalized spacial score (nSPS) is 15.6. The minimum absolute atomic E-state index is 0. The molecule has 0 unspecified atom stereocenters. The molecule has 120 valence electrons. The molecule has 1 aromatic carbocycles. The van der Waals surface area contributed by atoms with Gasteiger partial charge in [0.15, 0.2) is 0 Å². The first-order valence-corrected chi connectivity index (χ1v) is 7.66. The Hall–Kier alpha value is -1.59. The number of nitrogens with two attached hydrogens (primary N) is 1. The number of halogens is 1. The highest BCUT2D eigenvalue weighted by atomic mass is 35.5. The van der Waals surface area contributed by atoms with Crippen LogP contribution in [0, 0.1) is 5.92 Å². The molecule has 22 heavy (non-hydrogen) atoms. The van der Waals surface area contributed by atoms with Crippen molar-refractivity contribution in [2.45, 2.75) is 32.2 Å². The van der Waals surface area contributed by atoms with E-state index in [2.05, 4.69) is 45.4 Å². The van der Waals surface area contributed by atoms with E-state index in [0.717, 1.165) is 19.0 Å². The van der Waals surface area contributed by atoms with Crippen molar-refractivity contribution >= 4 is 18.4 Å². The molecule has 1 aliphatic rings. The minimum atomic E-state index is 0. The largest absolute Gasteiger partial charge is 0.407 e. The molecule has 2 heterocycles. The van der Waals surface area contributed by atoms with Gasteiger partial charge >= 0.3 is 6.01 Å². The van der Waals surface area contributed by atoms with Gasteiger partial charge in [-0.1, -0.05) is 35.4 Å². The smallest absolute Gasteiger partial charge is 0.318 e. The molecule has 0 bridgehead atoms. The van der Waals surface area contributed by atoms with Crippen molar-refractivity contribution < 1.29 is 4.42 Å². The van der Waals surface area contributed by atoms with Gasteiger partial charge in [-0.25, -0.2) is 0 Å². The molecule has 1 aromatic heterocycles. The Morgan fingerprint density at radius 2 is 1.86 bits per heavy atom. The van der Waals surface area contributed by atoms with Crippen molar-refractivity contribution in [1.29, 1.82) is 0 Å². The van der Waals surface area contributed by atoms with E-state index in [0.29, 0.717) is 18.5 Å². The topological polar surface area (TPSA) is 68.2 Å². The van der Waals surface area contributed by atoms with Gasteiger partial charge in [0.1, 0.15) is 0 Å². The monoisotopic (exact) mass is 322 g/mol. The molecule has 0 atom stereocenters. The molecule has 0 spiro atoms. The van der Waals surface area contributed by atoms with E-state index >= 15 is 0 Å². The van der Waals surface area contributed by atoms with E-state index in [-0.39, 0.29) is 12.4 Å². The van der Waals surface area contributed by atoms with Crippen LogP contribution < -0.4 is 10.6 Å². The Labute approximate surface area is 137 Å². The molecule has 6 heteroatoms. The number of hydrogen-bond acceptors (Lipinski definition) is 5. The van der Waals surface area contributed by atoms with E-state index in [1.54, 1.807) is 0 Å². The molecule has 1 fully saturated rings. The molecule has 2 N–H and O–H groups in total. The zero-order valence-corrected chi connectivity index (χ0v) is 13.5. The Balaban J connectivity index is 0.00000176. The van der Waals surface area contributed by atoms with Crippen molar-refractivity contribution in [2.75, 3.05) is 18.0 Å². The van der Waals surface area contributed by atoms with E-state index in [1.165, 1.54) is 31.2 Å². The van der Waals surface area contributed by atoms with Crippen LogP contribution in [-0.2, 0) is 13.0 Å².